The Kier molecular flexibility index (Phi) is 4.23. The predicted octanol–water partition coefficient (Wildman–Crippen LogP) is 2.65. The summed E-state index contributed by atoms with van der Waals surface area (Å²) in [5.74, 6) is 1.11. The van der Waals surface area contributed by atoms with E-state index in [1.165, 1.54) is 36.1 Å². The van der Waals surface area contributed by atoms with Crippen LogP contribution in [0.25, 0.3) is 0 Å². The largest absolute Gasteiger partial charge is 0.354 e. The van der Waals surface area contributed by atoms with Crippen molar-refractivity contribution in [3.8, 4) is 0 Å². The van der Waals surface area contributed by atoms with Gasteiger partial charge in [0.25, 0.3) is 0 Å². The molecule has 0 saturated heterocycles. The van der Waals surface area contributed by atoms with E-state index in [0.29, 0.717) is 12.6 Å². The highest BCUT2D eigenvalue weighted by Crippen LogP contribution is 2.27. The molecule has 1 heterocycles. The summed E-state index contributed by atoms with van der Waals surface area (Å²) in [7, 11) is 0. The fourth-order valence-electron chi connectivity index (χ4n) is 2.83. The summed E-state index contributed by atoms with van der Waals surface area (Å²) in [4.78, 5) is 7.27. The van der Waals surface area contributed by atoms with Crippen LogP contribution in [0.3, 0.4) is 0 Å². The number of hydrogen-bond donors (Lipinski definition) is 1. The van der Waals surface area contributed by atoms with Crippen LogP contribution in [0.5, 0.6) is 0 Å². The number of aromatic nitrogens is 1. The highest BCUT2D eigenvalue weighted by Gasteiger charge is 2.19. The Bertz CT molecular complexity index is 412. The lowest BCUT2D eigenvalue weighted by Crippen LogP contribution is -2.33. The molecule has 1 aromatic heterocycles. The van der Waals surface area contributed by atoms with Crippen molar-refractivity contribution in [2.45, 2.75) is 59.0 Å². The number of nitrogens with two attached hydrogens (primary N) is 1. The van der Waals surface area contributed by atoms with Gasteiger partial charge in [-0.05, 0) is 58.1 Å². The zero-order valence-electron chi connectivity index (χ0n) is 11.9. The number of aryl methyl sites for hydroxylation is 2. The number of pyridine rings is 1. The minimum atomic E-state index is 0.467. The molecule has 0 radical (unpaired) electrons. The van der Waals surface area contributed by atoms with Crippen LogP contribution >= 0.6 is 0 Å². The van der Waals surface area contributed by atoms with Gasteiger partial charge in [-0.1, -0.05) is 0 Å². The van der Waals surface area contributed by atoms with E-state index in [4.69, 9.17) is 10.7 Å². The van der Waals surface area contributed by atoms with Crippen molar-refractivity contribution < 1.29 is 0 Å². The topological polar surface area (TPSA) is 42.2 Å². The van der Waals surface area contributed by atoms with Crippen LogP contribution in [0.4, 0.5) is 5.82 Å². The van der Waals surface area contributed by atoms with Gasteiger partial charge in [0.15, 0.2) is 0 Å². The summed E-state index contributed by atoms with van der Waals surface area (Å²) < 4.78 is 0. The number of anilines is 1. The lowest BCUT2D eigenvalue weighted by molar-refractivity contribution is 0.648. The van der Waals surface area contributed by atoms with Crippen molar-refractivity contribution in [2.75, 3.05) is 11.4 Å². The maximum atomic E-state index is 5.91. The molecule has 0 saturated carbocycles. The third-order valence-corrected chi connectivity index (χ3v) is 3.81. The Balaban J connectivity index is 2.44. The van der Waals surface area contributed by atoms with E-state index in [1.807, 2.05) is 0 Å². The molecule has 0 aliphatic heterocycles. The van der Waals surface area contributed by atoms with Crippen LogP contribution in [-0.4, -0.2) is 17.6 Å². The third kappa shape index (κ3) is 2.51. The molecule has 0 amide bonds. The second-order valence-corrected chi connectivity index (χ2v) is 5.37. The van der Waals surface area contributed by atoms with Crippen molar-refractivity contribution in [1.29, 1.82) is 0 Å². The lowest BCUT2D eigenvalue weighted by atomic mass is 9.94. The number of fused-ring (bicyclic) bond motifs is 1. The molecule has 3 heteroatoms. The van der Waals surface area contributed by atoms with E-state index in [-0.39, 0.29) is 0 Å². The standard InChI is InChI=1S/C15H25N3/c1-4-18(11(2)3)15-13(10-16)9-12-7-5-6-8-14(12)17-15/h9,11H,4-8,10,16H2,1-3H3. The first-order chi connectivity index (χ1) is 8.67. The molecule has 1 aromatic rings. The summed E-state index contributed by atoms with van der Waals surface area (Å²) in [5.41, 5.74) is 9.83. The van der Waals surface area contributed by atoms with Crippen molar-refractivity contribution in [2.24, 2.45) is 5.73 Å². The maximum Gasteiger partial charge on any atom is 0.133 e. The van der Waals surface area contributed by atoms with Crippen molar-refractivity contribution in [3.05, 3.63) is 22.9 Å². The fraction of sp³-hybridized carbons (Fsp3) is 0.667. The van der Waals surface area contributed by atoms with Crippen LogP contribution in [0.1, 0.15) is 50.4 Å². The monoisotopic (exact) mass is 247 g/mol. The van der Waals surface area contributed by atoms with Gasteiger partial charge < -0.3 is 10.6 Å². The molecule has 18 heavy (non-hydrogen) atoms. The van der Waals surface area contributed by atoms with Crippen LogP contribution in [-0.2, 0) is 19.4 Å². The molecule has 0 unspecified atom stereocenters. The lowest BCUT2D eigenvalue weighted by Gasteiger charge is -2.30. The van der Waals surface area contributed by atoms with E-state index in [1.54, 1.807) is 0 Å². The molecule has 0 spiro atoms. The van der Waals surface area contributed by atoms with Gasteiger partial charge in [-0.2, -0.15) is 0 Å². The first kappa shape index (κ1) is 13.3. The van der Waals surface area contributed by atoms with Crippen LogP contribution in [0.2, 0.25) is 0 Å². The first-order valence-electron chi connectivity index (χ1n) is 7.15. The minimum absolute atomic E-state index is 0.467. The molecule has 0 fully saturated rings. The molecular weight excluding hydrogens is 222 g/mol. The molecule has 1 aliphatic rings. The summed E-state index contributed by atoms with van der Waals surface area (Å²) in [6, 6.07) is 2.76. The van der Waals surface area contributed by atoms with Gasteiger partial charge >= 0.3 is 0 Å². The van der Waals surface area contributed by atoms with Gasteiger partial charge in [0.1, 0.15) is 5.82 Å². The van der Waals surface area contributed by atoms with E-state index in [0.717, 1.165) is 18.8 Å². The van der Waals surface area contributed by atoms with E-state index in [2.05, 4.69) is 31.7 Å². The normalized spacial score (nSPS) is 14.7. The zero-order chi connectivity index (χ0) is 13.1. The van der Waals surface area contributed by atoms with Gasteiger partial charge in [0.05, 0.1) is 0 Å². The summed E-state index contributed by atoms with van der Waals surface area (Å²) in [6.45, 7) is 8.17. The second-order valence-electron chi connectivity index (χ2n) is 5.37. The van der Waals surface area contributed by atoms with E-state index < -0.39 is 0 Å². The SMILES string of the molecule is CCN(c1nc2c(cc1CN)CCCC2)C(C)C. The Morgan fingerprint density at radius 1 is 1.33 bits per heavy atom. The van der Waals surface area contributed by atoms with Crippen molar-refractivity contribution in [1.82, 2.24) is 4.98 Å². The van der Waals surface area contributed by atoms with Gasteiger partial charge in [0, 0.05) is 30.4 Å². The molecule has 0 aromatic carbocycles. The molecule has 1 aliphatic carbocycles. The number of hydrogen-bond acceptors (Lipinski definition) is 3. The Hall–Kier alpha value is -1.09. The third-order valence-electron chi connectivity index (χ3n) is 3.81. The Morgan fingerprint density at radius 3 is 2.67 bits per heavy atom. The quantitative estimate of drug-likeness (QED) is 0.889. The fourth-order valence-corrected chi connectivity index (χ4v) is 2.83. The van der Waals surface area contributed by atoms with Gasteiger partial charge in [0.2, 0.25) is 0 Å². The number of nitrogens with zero attached hydrogens (tertiary/aromatic N) is 2. The molecule has 100 valence electrons. The molecule has 0 bridgehead atoms. The molecule has 3 nitrogen and oxygen atoms in total. The van der Waals surface area contributed by atoms with Crippen LogP contribution < -0.4 is 10.6 Å². The Labute approximate surface area is 110 Å². The molecule has 2 N–H and O–H groups in total. The van der Waals surface area contributed by atoms with E-state index in [9.17, 15) is 0 Å². The number of rotatable bonds is 4. The second kappa shape index (κ2) is 5.70. The summed E-state index contributed by atoms with van der Waals surface area (Å²) in [6.07, 6.45) is 4.86. The van der Waals surface area contributed by atoms with E-state index >= 15 is 0 Å². The molecular formula is C15H25N3. The minimum Gasteiger partial charge on any atom is -0.354 e. The Morgan fingerprint density at radius 2 is 2.06 bits per heavy atom. The van der Waals surface area contributed by atoms with Crippen LogP contribution in [0.15, 0.2) is 6.07 Å². The van der Waals surface area contributed by atoms with Gasteiger partial charge in [-0.3, -0.25) is 0 Å². The van der Waals surface area contributed by atoms with Crippen molar-refractivity contribution in [3.63, 3.8) is 0 Å². The van der Waals surface area contributed by atoms with Crippen molar-refractivity contribution >= 4 is 5.82 Å². The highest BCUT2D eigenvalue weighted by molar-refractivity contribution is 5.51. The smallest absolute Gasteiger partial charge is 0.133 e. The average Bonchev–Trinajstić information content (AvgIpc) is 2.38. The summed E-state index contributed by atoms with van der Waals surface area (Å²) in [5, 5.41) is 0. The molecule has 0 atom stereocenters. The maximum absolute atomic E-state index is 5.91. The van der Waals surface area contributed by atoms with Gasteiger partial charge in [-0.15, -0.1) is 0 Å². The van der Waals surface area contributed by atoms with Crippen LogP contribution in [0, 0.1) is 0 Å². The highest BCUT2D eigenvalue weighted by atomic mass is 15.2. The summed E-state index contributed by atoms with van der Waals surface area (Å²) >= 11 is 0. The first-order valence-corrected chi connectivity index (χ1v) is 7.15. The predicted molar refractivity (Wildman–Crippen MR) is 76.9 cm³/mol. The zero-order valence-corrected chi connectivity index (χ0v) is 11.9. The molecule has 2 rings (SSSR count). The average molecular weight is 247 g/mol. The van der Waals surface area contributed by atoms with Gasteiger partial charge in [-0.25, -0.2) is 4.98 Å².